The number of hydrogen-bond acceptors (Lipinski definition) is 3. The van der Waals surface area contributed by atoms with E-state index < -0.39 is 5.97 Å². The second kappa shape index (κ2) is 7.66. The standard InChI is InChI=1S/C20H20FNO4/c21-17-6-4-16(5-7-17)20(8-10-26-11-9-20)13-22-18(23)14-2-1-3-15(12-14)19(24)25/h1-7,12H,8-11,13H2,(H,22,23)(H,24,25). The van der Waals surface area contributed by atoms with Gasteiger partial charge in [0.05, 0.1) is 5.56 Å². The van der Waals surface area contributed by atoms with Crippen LogP contribution in [0, 0.1) is 5.82 Å². The minimum Gasteiger partial charge on any atom is -0.478 e. The Hall–Kier alpha value is -2.73. The summed E-state index contributed by atoms with van der Waals surface area (Å²) in [5, 5.41) is 12.0. The minimum atomic E-state index is -1.08. The average Bonchev–Trinajstić information content (AvgIpc) is 2.67. The topological polar surface area (TPSA) is 75.6 Å². The summed E-state index contributed by atoms with van der Waals surface area (Å²) in [5.74, 6) is -1.71. The predicted molar refractivity (Wildman–Crippen MR) is 93.9 cm³/mol. The van der Waals surface area contributed by atoms with Gasteiger partial charge in [-0.3, -0.25) is 4.79 Å². The fraction of sp³-hybridized carbons (Fsp3) is 0.300. The maximum atomic E-state index is 13.3. The van der Waals surface area contributed by atoms with Crippen molar-refractivity contribution in [2.75, 3.05) is 19.8 Å². The molecule has 2 aromatic carbocycles. The van der Waals surface area contributed by atoms with Crippen LogP contribution in [0.2, 0.25) is 0 Å². The van der Waals surface area contributed by atoms with Crippen molar-refractivity contribution in [3.63, 3.8) is 0 Å². The quantitative estimate of drug-likeness (QED) is 0.863. The second-order valence-electron chi connectivity index (χ2n) is 6.47. The Morgan fingerprint density at radius 2 is 1.73 bits per heavy atom. The lowest BCUT2D eigenvalue weighted by Gasteiger charge is -2.38. The highest BCUT2D eigenvalue weighted by atomic mass is 19.1. The zero-order chi connectivity index (χ0) is 18.6. The summed E-state index contributed by atoms with van der Waals surface area (Å²) >= 11 is 0. The number of amides is 1. The van der Waals surface area contributed by atoms with E-state index >= 15 is 0 Å². The molecule has 2 N–H and O–H groups in total. The first-order chi connectivity index (χ1) is 12.5. The smallest absolute Gasteiger partial charge is 0.335 e. The minimum absolute atomic E-state index is 0.0666. The van der Waals surface area contributed by atoms with E-state index in [2.05, 4.69) is 5.32 Å². The third kappa shape index (κ3) is 3.91. The lowest BCUT2D eigenvalue weighted by atomic mass is 9.74. The first-order valence-electron chi connectivity index (χ1n) is 8.46. The van der Waals surface area contributed by atoms with Crippen LogP contribution in [0.3, 0.4) is 0 Å². The van der Waals surface area contributed by atoms with Crippen molar-refractivity contribution in [2.24, 2.45) is 0 Å². The molecule has 26 heavy (non-hydrogen) atoms. The molecule has 1 amide bonds. The molecule has 0 spiro atoms. The molecular formula is C20H20FNO4. The Morgan fingerprint density at radius 3 is 2.38 bits per heavy atom. The van der Waals surface area contributed by atoms with Crippen LogP contribution in [0.4, 0.5) is 4.39 Å². The molecule has 0 aromatic heterocycles. The first kappa shape index (κ1) is 18.1. The summed E-state index contributed by atoms with van der Waals surface area (Å²) in [6, 6.07) is 12.3. The van der Waals surface area contributed by atoms with E-state index in [0.29, 0.717) is 38.2 Å². The normalized spacial score (nSPS) is 16.0. The largest absolute Gasteiger partial charge is 0.478 e. The van der Waals surface area contributed by atoms with Gasteiger partial charge in [0.2, 0.25) is 0 Å². The fourth-order valence-corrected chi connectivity index (χ4v) is 3.28. The predicted octanol–water partition coefficient (Wildman–Crippen LogP) is 3.00. The van der Waals surface area contributed by atoms with E-state index in [9.17, 15) is 14.0 Å². The molecule has 0 unspecified atom stereocenters. The number of hydrogen-bond donors (Lipinski definition) is 2. The van der Waals surface area contributed by atoms with Gasteiger partial charge in [0.25, 0.3) is 5.91 Å². The molecule has 1 aliphatic rings. The number of carbonyl (C=O) groups excluding carboxylic acids is 1. The zero-order valence-corrected chi connectivity index (χ0v) is 14.2. The number of carboxylic acids is 1. The van der Waals surface area contributed by atoms with Gasteiger partial charge in [-0.15, -0.1) is 0 Å². The fourth-order valence-electron chi connectivity index (χ4n) is 3.28. The highest BCUT2D eigenvalue weighted by Crippen LogP contribution is 2.34. The molecule has 2 aromatic rings. The number of halogens is 1. The number of rotatable bonds is 5. The van der Waals surface area contributed by atoms with Gasteiger partial charge in [0, 0.05) is 30.7 Å². The SMILES string of the molecule is O=C(O)c1cccc(C(=O)NCC2(c3ccc(F)cc3)CCOCC2)c1. The van der Waals surface area contributed by atoms with Crippen molar-refractivity contribution >= 4 is 11.9 Å². The molecular weight excluding hydrogens is 337 g/mol. The van der Waals surface area contributed by atoms with Crippen molar-refractivity contribution in [1.82, 2.24) is 5.32 Å². The molecule has 0 atom stereocenters. The van der Waals surface area contributed by atoms with Crippen LogP contribution in [-0.4, -0.2) is 36.7 Å². The van der Waals surface area contributed by atoms with Crippen molar-refractivity contribution in [3.05, 3.63) is 71.0 Å². The van der Waals surface area contributed by atoms with Crippen molar-refractivity contribution < 1.29 is 23.8 Å². The van der Waals surface area contributed by atoms with Gasteiger partial charge in [-0.05, 0) is 48.7 Å². The molecule has 136 valence electrons. The number of aromatic carboxylic acids is 1. The molecule has 0 bridgehead atoms. The molecule has 5 nitrogen and oxygen atoms in total. The summed E-state index contributed by atoms with van der Waals surface area (Å²) in [7, 11) is 0. The summed E-state index contributed by atoms with van der Waals surface area (Å²) in [4.78, 5) is 23.6. The van der Waals surface area contributed by atoms with Gasteiger partial charge >= 0.3 is 5.97 Å². The summed E-state index contributed by atoms with van der Waals surface area (Å²) < 4.78 is 18.7. The van der Waals surface area contributed by atoms with E-state index in [1.807, 2.05) is 0 Å². The summed E-state index contributed by atoms with van der Waals surface area (Å²) in [6.45, 7) is 1.52. The van der Waals surface area contributed by atoms with Crippen LogP contribution in [0.5, 0.6) is 0 Å². The van der Waals surface area contributed by atoms with Crippen molar-refractivity contribution in [2.45, 2.75) is 18.3 Å². The maximum Gasteiger partial charge on any atom is 0.335 e. The van der Waals surface area contributed by atoms with Crippen LogP contribution in [0.15, 0.2) is 48.5 Å². The van der Waals surface area contributed by atoms with Gasteiger partial charge in [0.1, 0.15) is 5.82 Å². The van der Waals surface area contributed by atoms with Gasteiger partial charge in [-0.2, -0.15) is 0 Å². The average molecular weight is 357 g/mol. The lowest BCUT2D eigenvalue weighted by molar-refractivity contribution is 0.0487. The first-order valence-corrected chi connectivity index (χ1v) is 8.46. The second-order valence-corrected chi connectivity index (χ2v) is 6.47. The van der Waals surface area contributed by atoms with Crippen LogP contribution < -0.4 is 5.32 Å². The van der Waals surface area contributed by atoms with E-state index in [-0.39, 0.29) is 22.7 Å². The van der Waals surface area contributed by atoms with Crippen molar-refractivity contribution in [3.8, 4) is 0 Å². The van der Waals surface area contributed by atoms with Gasteiger partial charge < -0.3 is 15.2 Å². The Balaban J connectivity index is 1.78. The molecule has 3 rings (SSSR count). The third-order valence-corrected chi connectivity index (χ3v) is 4.87. The van der Waals surface area contributed by atoms with Crippen LogP contribution >= 0.6 is 0 Å². The van der Waals surface area contributed by atoms with E-state index in [1.54, 1.807) is 24.3 Å². The Labute approximate surface area is 150 Å². The Morgan fingerprint density at radius 1 is 1.08 bits per heavy atom. The number of carboxylic acid groups (broad SMARTS) is 1. The molecule has 1 aliphatic heterocycles. The molecule has 0 aliphatic carbocycles. The summed E-state index contributed by atoms with van der Waals surface area (Å²) in [5.41, 5.74) is 0.997. The molecule has 0 saturated carbocycles. The highest BCUT2D eigenvalue weighted by molar-refractivity contribution is 5.97. The van der Waals surface area contributed by atoms with Crippen LogP contribution in [-0.2, 0) is 10.2 Å². The molecule has 6 heteroatoms. The molecule has 1 heterocycles. The molecule has 1 saturated heterocycles. The number of benzene rings is 2. The van der Waals surface area contributed by atoms with Crippen molar-refractivity contribution in [1.29, 1.82) is 0 Å². The van der Waals surface area contributed by atoms with Gasteiger partial charge in [-0.1, -0.05) is 18.2 Å². The maximum absolute atomic E-state index is 13.3. The van der Waals surface area contributed by atoms with E-state index in [4.69, 9.17) is 9.84 Å². The van der Waals surface area contributed by atoms with Crippen LogP contribution in [0.1, 0.15) is 39.1 Å². The van der Waals surface area contributed by atoms with E-state index in [1.165, 1.54) is 24.3 Å². The molecule has 1 fully saturated rings. The Bertz CT molecular complexity index is 798. The molecule has 0 radical (unpaired) electrons. The number of carbonyl (C=O) groups is 2. The monoisotopic (exact) mass is 357 g/mol. The van der Waals surface area contributed by atoms with E-state index in [0.717, 1.165) is 5.56 Å². The van der Waals surface area contributed by atoms with Gasteiger partial charge in [-0.25, -0.2) is 9.18 Å². The number of ether oxygens (including phenoxy) is 1. The highest BCUT2D eigenvalue weighted by Gasteiger charge is 2.35. The van der Waals surface area contributed by atoms with Gasteiger partial charge in [0.15, 0.2) is 0 Å². The third-order valence-electron chi connectivity index (χ3n) is 4.87. The summed E-state index contributed by atoms with van der Waals surface area (Å²) in [6.07, 6.45) is 1.43. The number of nitrogens with one attached hydrogen (secondary N) is 1. The lowest BCUT2D eigenvalue weighted by Crippen LogP contribution is -2.44. The Kier molecular flexibility index (Phi) is 5.32. The van der Waals surface area contributed by atoms with Crippen LogP contribution in [0.25, 0.3) is 0 Å². The zero-order valence-electron chi connectivity index (χ0n) is 14.2.